The van der Waals surface area contributed by atoms with E-state index < -0.39 is 4.92 Å². The van der Waals surface area contributed by atoms with E-state index in [-0.39, 0.29) is 11.7 Å². The molecule has 1 aromatic carbocycles. The number of non-ortho nitro benzene ring substituents is 1. The van der Waals surface area contributed by atoms with E-state index in [9.17, 15) is 10.1 Å². The van der Waals surface area contributed by atoms with E-state index in [2.05, 4.69) is 5.32 Å². The lowest BCUT2D eigenvalue weighted by atomic mass is 10.2. The van der Waals surface area contributed by atoms with E-state index in [1.165, 1.54) is 12.1 Å². The van der Waals surface area contributed by atoms with Crippen molar-refractivity contribution in [3.05, 3.63) is 28.3 Å². The van der Waals surface area contributed by atoms with Crippen molar-refractivity contribution in [1.29, 1.82) is 0 Å². The van der Waals surface area contributed by atoms with Gasteiger partial charge in [0.05, 0.1) is 24.2 Å². The van der Waals surface area contributed by atoms with Crippen LogP contribution in [0, 0.1) is 10.1 Å². The maximum absolute atomic E-state index is 10.9. The van der Waals surface area contributed by atoms with Crippen LogP contribution in [0.5, 0.6) is 5.75 Å². The van der Waals surface area contributed by atoms with Crippen LogP contribution in [0.4, 0.5) is 11.4 Å². The van der Waals surface area contributed by atoms with Gasteiger partial charge in [-0.3, -0.25) is 10.1 Å². The van der Waals surface area contributed by atoms with Gasteiger partial charge < -0.3 is 14.8 Å². The molecule has 1 aromatic rings. The predicted molar refractivity (Wildman–Crippen MR) is 73.8 cm³/mol. The summed E-state index contributed by atoms with van der Waals surface area (Å²) in [6, 6.07) is 4.74. The molecule has 0 heterocycles. The lowest BCUT2D eigenvalue weighted by Crippen LogP contribution is -2.20. The average molecular weight is 268 g/mol. The number of nitro benzene ring substituents is 1. The molecule has 1 rings (SSSR count). The normalized spacial score (nSPS) is 11.9. The molecule has 0 amide bonds. The Hall–Kier alpha value is -1.82. The Labute approximate surface area is 112 Å². The zero-order valence-corrected chi connectivity index (χ0v) is 11.5. The molecule has 0 aliphatic rings. The Morgan fingerprint density at radius 1 is 1.42 bits per heavy atom. The summed E-state index contributed by atoms with van der Waals surface area (Å²) in [6.45, 7) is 4.98. The third-order valence-electron chi connectivity index (χ3n) is 2.40. The van der Waals surface area contributed by atoms with Gasteiger partial charge in [0, 0.05) is 31.0 Å². The highest BCUT2D eigenvalue weighted by Gasteiger charge is 2.12. The number of nitrogens with one attached hydrogen (secondary N) is 1. The summed E-state index contributed by atoms with van der Waals surface area (Å²) in [4.78, 5) is 10.5. The van der Waals surface area contributed by atoms with Crippen LogP contribution in [-0.2, 0) is 4.74 Å². The number of benzene rings is 1. The van der Waals surface area contributed by atoms with Gasteiger partial charge in [0.2, 0.25) is 0 Å². The van der Waals surface area contributed by atoms with E-state index in [0.29, 0.717) is 24.7 Å². The summed E-state index contributed by atoms with van der Waals surface area (Å²) in [6.07, 6.45) is 0.853. The summed E-state index contributed by atoms with van der Waals surface area (Å²) in [5.41, 5.74) is 0.672. The standard InChI is InChI=1S/C13H20N2O4/c1-4-5-19-13-7-11(14-10(2)9-18-3)6-12(8-13)15(16)17/h6-8,10,14H,4-5,9H2,1-3H3. The van der Waals surface area contributed by atoms with Gasteiger partial charge in [-0.15, -0.1) is 0 Å². The summed E-state index contributed by atoms with van der Waals surface area (Å²) < 4.78 is 10.5. The molecule has 0 fully saturated rings. The highest BCUT2D eigenvalue weighted by Crippen LogP contribution is 2.26. The molecule has 6 heteroatoms. The predicted octanol–water partition coefficient (Wildman–Crippen LogP) is 2.83. The molecule has 0 saturated carbocycles. The molecule has 19 heavy (non-hydrogen) atoms. The zero-order chi connectivity index (χ0) is 14.3. The lowest BCUT2D eigenvalue weighted by molar-refractivity contribution is -0.384. The Kier molecular flexibility index (Phi) is 6.08. The molecule has 1 unspecified atom stereocenters. The average Bonchev–Trinajstić information content (AvgIpc) is 2.36. The van der Waals surface area contributed by atoms with E-state index >= 15 is 0 Å². The molecule has 0 saturated heterocycles. The van der Waals surface area contributed by atoms with Crippen molar-refractivity contribution in [1.82, 2.24) is 0 Å². The van der Waals surface area contributed by atoms with E-state index in [4.69, 9.17) is 9.47 Å². The Morgan fingerprint density at radius 3 is 2.74 bits per heavy atom. The topological polar surface area (TPSA) is 73.6 Å². The SMILES string of the molecule is CCCOc1cc(NC(C)COC)cc([N+](=O)[O-])c1. The largest absolute Gasteiger partial charge is 0.493 e. The minimum absolute atomic E-state index is 0.0146. The molecule has 0 aliphatic heterocycles. The van der Waals surface area contributed by atoms with Crippen LogP contribution in [0.15, 0.2) is 18.2 Å². The molecule has 1 N–H and O–H groups in total. The number of rotatable bonds is 8. The second-order valence-electron chi connectivity index (χ2n) is 4.32. The zero-order valence-electron chi connectivity index (χ0n) is 11.5. The van der Waals surface area contributed by atoms with Crippen molar-refractivity contribution >= 4 is 11.4 Å². The number of nitro groups is 1. The molecule has 1 atom stereocenters. The highest BCUT2D eigenvalue weighted by molar-refractivity contribution is 5.56. The summed E-state index contributed by atoms with van der Waals surface area (Å²) in [5, 5.41) is 14.0. The van der Waals surface area contributed by atoms with E-state index in [1.54, 1.807) is 13.2 Å². The molecular weight excluding hydrogens is 248 g/mol. The Balaban J connectivity index is 2.89. The van der Waals surface area contributed by atoms with Crippen LogP contribution in [0.25, 0.3) is 0 Å². The minimum atomic E-state index is -0.426. The van der Waals surface area contributed by atoms with Crippen molar-refractivity contribution < 1.29 is 14.4 Å². The summed E-state index contributed by atoms with van der Waals surface area (Å²) in [7, 11) is 1.61. The lowest BCUT2D eigenvalue weighted by Gasteiger charge is -2.15. The van der Waals surface area contributed by atoms with Crippen LogP contribution < -0.4 is 10.1 Å². The number of hydrogen-bond acceptors (Lipinski definition) is 5. The maximum atomic E-state index is 10.9. The van der Waals surface area contributed by atoms with Crippen LogP contribution >= 0.6 is 0 Å². The van der Waals surface area contributed by atoms with Gasteiger partial charge in [0.25, 0.3) is 5.69 Å². The first-order valence-electron chi connectivity index (χ1n) is 6.24. The van der Waals surface area contributed by atoms with Crippen LogP contribution in [0.2, 0.25) is 0 Å². The first-order valence-corrected chi connectivity index (χ1v) is 6.24. The van der Waals surface area contributed by atoms with Crippen LogP contribution in [0.1, 0.15) is 20.3 Å². The van der Waals surface area contributed by atoms with Crippen LogP contribution in [0.3, 0.4) is 0 Å². The summed E-state index contributed by atoms with van der Waals surface area (Å²) >= 11 is 0. The van der Waals surface area contributed by atoms with Gasteiger partial charge >= 0.3 is 0 Å². The van der Waals surface area contributed by atoms with E-state index in [0.717, 1.165) is 6.42 Å². The molecule has 0 bridgehead atoms. The van der Waals surface area contributed by atoms with Gasteiger partial charge in [-0.1, -0.05) is 6.92 Å². The fourth-order valence-corrected chi connectivity index (χ4v) is 1.65. The summed E-state index contributed by atoms with van der Waals surface area (Å²) in [5.74, 6) is 0.503. The van der Waals surface area contributed by atoms with Crippen molar-refractivity contribution in [3.63, 3.8) is 0 Å². The van der Waals surface area contributed by atoms with Crippen molar-refractivity contribution in [2.24, 2.45) is 0 Å². The smallest absolute Gasteiger partial charge is 0.275 e. The number of ether oxygens (including phenoxy) is 2. The van der Waals surface area contributed by atoms with Gasteiger partial charge in [-0.05, 0) is 13.3 Å². The number of methoxy groups -OCH3 is 1. The Morgan fingerprint density at radius 2 is 2.16 bits per heavy atom. The van der Waals surface area contributed by atoms with Gasteiger partial charge in [0.1, 0.15) is 5.75 Å². The molecule has 0 aliphatic carbocycles. The highest BCUT2D eigenvalue weighted by atomic mass is 16.6. The second-order valence-corrected chi connectivity index (χ2v) is 4.32. The first kappa shape index (κ1) is 15.2. The molecule has 0 radical (unpaired) electrons. The van der Waals surface area contributed by atoms with Crippen LogP contribution in [-0.4, -0.2) is 31.3 Å². The van der Waals surface area contributed by atoms with Gasteiger partial charge in [-0.2, -0.15) is 0 Å². The van der Waals surface area contributed by atoms with Gasteiger partial charge in [0.15, 0.2) is 0 Å². The molecule has 106 valence electrons. The van der Waals surface area contributed by atoms with Crippen molar-refractivity contribution in [2.75, 3.05) is 25.6 Å². The fraction of sp³-hybridized carbons (Fsp3) is 0.538. The molecule has 0 aromatic heterocycles. The molecule has 0 spiro atoms. The molecule has 6 nitrogen and oxygen atoms in total. The first-order chi connectivity index (χ1) is 9.06. The third-order valence-corrected chi connectivity index (χ3v) is 2.40. The quantitative estimate of drug-likeness (QED) is 0.579. The fourth-order valence-electron chi connectivity index (χ4n) is 1.65. The number of nitrogens with zero attached hydrogens (tertiary/aromatic N) is 1. The number of hydrogen-bond donors (Lipinski definition) is 1. The van der Waals surface area contributed by atoms with E-state index in [1.807, 2.05) is 13.8 Å². The van der Waals surface area contributed by atoms with Gasteiger partial charge in [-0.25, -0.2) is 0 Å². The van der Waals surface area contributed by atoms with Crippen molar-refractivity contribution in [3.8, 4) is 5.75 Å². The second kappa shape index (κ2) is 7.58. The maximum Gasteiger partial charge on any atom is 0.275 e. The Bertz CT molecular complexity index is 423. The molecular formula is C13H20N2O4. The van der Waals surface area contributed by atoms with Crippen molar-refractivity contribution in [2.45, 2.75) is 26.3 Å². The number of anilines is 1. The third kappa shape index (κ3) is 5.13. The minimum Gasteiger partial charge on any atom is -0.493 e. The monoisotopic (exact) mass is 268 g/mol.